The first-order valence-electron chi connectivity index (χ1n) is 6.41. The van der Waals surface area contributed by atoms with Gasteiger partial charge < -0.3 is 9.84 Å². The Bertz CT molecular complexity index is 677. The summed E-state index contributed by atoms with van der Waals surface area (Å²) in [5.41, 5.74) is 1.75. The Morgan fingerprint density at radius 3 is 2.76 bits per heavy atom. The molecule has 0 atom stereocenters. The molecule has 0 aromatic heterocycles. The topological polar surface area (TPSA) is 46.5 Å². The first-order valence-corrected chi connectivity index (χ1v) is 7.49. The van der Waals surface area contributed by atoms with E-state index in [-0.39, 0.29) is 11.5 Å². The van der Waals surface area contributed by atoms with Crippen LogP contribution in [0.4, 0.5) is 0 Å². The van der Waals surface area contributed by atoms with Gasteiger partial charge in [-0.25, -0.2) is 0 Å². The molecule has 3 nitrogen and oxygen atoms in total. The number of phenols is 1. The van der Waals surface area contributed by atoms with Gasteiger partial charge >= 0.3 is 0 Å². The summed E-state index contributed by atoms with van der Waals surface area (Å²) >= 11 is 2.22. The van der Waals surface area contributed by atoms with E-state index in [2.05, 4.69) is 22.6 Å². The number of rotatable bonds is 5. The van der Waals surface area contributed by atoms with Crippen molar-refractivity contribution in [1.29, 1.82) is 0 Å². The van der Waals surface area contributed by atoms with E-state index in [0.717, 1.165) is 14.7 Å². The lowest BCUT2D eigenvalue weighted by molar-refractivity contribution is -0.113. The highest BCUT2D eigenvalue weighted by Crippen LogP contribution is 2.26. The Hall–Kier alpha value is -1.82. The molecular weight excluding hydrogens is 379 g/mol. The van der Waals surface area contributed by atoms with E-state index >= 15 is 0 Å². The molecule has 0 unspecified atom stereocenters. The van der Waals surface area contributed by atoms with Crippen LogP contribution in [0.25, 0.3) is 6.08 Å². The van der Waals surface area contributed by atoms with Gasteiger partial charge in [0.2, 0.25) is 0 Å². The number of hydrogen-bond donors (Lipinski definition) is 1. The van der Waals surface area contributed by atoms with E-state index in [1.807, 2.05) is 24.3 Å². The average Bonchev–Trinajstić information content (AvgIpc) is 2.45. The van der Waals surface area contributed by atoms with Crippen molar-refractivity contribution in [1.82, 2.24) is 0 Å². The Morgan fingerprint density at radius 2 is 2.10 bits per heavy atom. The predicted molar refractivity (Wildman–Crippen MR) is 91.6 cm³/mol. The number of benzene rings is 2. The summed E-state index contributed by atoms with van der Waals surface area (Å²) in [6, 6.07) is 12.9. The van der Waals surface area contributed by atoms with Gasteiger partial charge in [-0.3, -0.25) is 4.79 Å². The van der Waals surface area contributed by atoms with Crippen LogP contribution in [0, 0.1) is 3.57 Å². The molecule has 0 saturated carbocycles. The molecule has 2 aromatic carbocycles. The average molecular weight is 394 g/mol. The van der Waals surface area contributed by atoms with Crippen molar-refractivity contribution in [2.45, 2.75) is 6.42 Å². The van der Waals surface area contributed by atoms with Gasteiger partial charge in [0, 0.05) is 9.99 Å². The lowest BCUT2D eigenvalue weighted by Gasteiger charge is -2.03. The summed E-state index contributed by atoms with van der Waals surface area (Å²) in [7, 11) is 1.50. The molecule has 0 amide bonds. The highest BCUT2D eigenvalue weighted by atomic mass is 127. The third-order valence-electron chi connectivity index (χ3n) is 2.93. The van der Waals surface area contributed by atoms with Gasteiger partial charge in [-0.05, 0) is 64.1 Å². The van der Waals surface area contributed by atoms with Crippen LogP contribution in [0.3, 0.4) is 0 Å². The number of ether oxygens (including phenoxy) is 1. The predicted octanol–water partition coefficient (Wildman–Crippen LogP) is 3.83. The Labute approximate surface area is 137 Å². The smallest absolute Gasteiger partial charge is 0.160 e. The minimum atomic E-state index is 0.0207. The van der Waals surface area contributed by atoms with Crippen LogP contribution < -0.4 is 4.74 Å². The Morgan fingerprint density at radius 1 is 1.29 bits per heavy atom. The van der Waals surface area contributed by atoms with E-state index in [0.29, 0.717) is 12.2 Å². The number of ketones is 1. The quantitative estimate of drug-likeness (QED) is 0.620. The van der Waals surface area contributed by atoms with E-state index in [4.69, 9.17) is 4.74 Å². The second kappa shape index (κ2) is 7.26. The summed E-state index contributed by atoms with van der Waals surface area (Å²) in [5.74, 6) is 0.495. The van der Waals surface area contributed by atoms with E-state index in [1.165, 1.54) is 13.2 Å². The number of aromatic hydroxyl groups is 1. The van der Waals surface area contributed by atoms with Crippen molar-refractivity contribution < 1.29 is 14.6 Å². The summed E-state index contributed by atoms with van der Waals surface area (Å²) in [6.45, 7) is 0. The van der Waals surface area contributed by atoms with Crippen LogP contribution >= 0.6 is 22.6 Å². The molecule has 0 bridgehead atoms. The summed E-state index contributed by atoms with van der Waals surface area (Å²) in [6.07, 6.45) is 3.59. The summed E-state index contributed by atoms with van der Waals surface area (Å²) in [4.78, 5) is 11.9. The van der Waals surface area contributed by atoms with Gasteiger partial charge in [0.25, 0.3) is 0 Å². The Kier molecular flexibility index (Phi) is 5.38. The van der Waals surface area contributed by atoms with Gasteiger partial charge in [-0.1, -0.05) is 24.3 Å². The number of phenolic OH excluding ortho intramolecular Hbond substituents is 1. The van der Waals surface area contributed by atoms with E-state index in [9.17, 15) is 9.90 Å². The fraction of sp³-hybridized carbons (Fsp3) is 0.118. The third kappa shape index (κ3) is 4.60. The molecule has 2 rings (SSSR count). The molecule has 1 N–H and O–H groups in total. The lowest BCUT2D eigenvalue weighted by Crippen LogP contribution is -1.98. The van der Waals surface area contributed by atoms with E-state index < -0.39 is 0 Å². The molecule has 0 heterocycles. The number of halogens is 1. The van der Waals surface area contributed by atoms with Crippen molar-refractivity contribution in [2.75, 3.05) is 7.11 Å². The maximum atomic E-state index is 11.9. The fourth-order valence-corrected chi connectivity index (χ4v) is 2.51. The summed E-state index contributed by atoms with van der Waals surface area (Å²) < 4.78 is 6.09. The molecule has 0 saturated heterocycles. The fourth-order valence-electron chi connectivity index (χ4n) is 1.91. The molecule has 0 radical (unpaired) electrons. The first kappa shape index (κ1) is 15.6. The van der Waals surface area contributed by atoms with Crippen LogP contribution in [0.15, 0.2) is 48.5 Å². The highest BCUT2D eigenvalue weighted by Gasteiger charge is 2.02. The Balaban J connectivity index is 2.03. The molecule has 21 heavy (non-hydrogen) atoms. The molecular formula is C17H15IO3. The normalized spacial score (nSPS) is 10.8. The first-order chi connectivity index (χ1) is 10.1. The van der Waals surface area contributed by atoms with Crippen molar-refractivity contribution in [3.63, 3.8) is 0 Å². The maximum Gasteiger partial charge on any atom is 0.160 e. The molecule has 0 aliphatic carbocycles. The van der Waals surface area contributed by atoms with Crippen molar-refractivity contribution in [3.8, 4) is 11.5 Å². The van der Waals surface area contributed by atoms with Crippen molar-refractivity contribution >= 4 is 34.5 Å². The highest BCUT2D eigenvalue weighted by molar-refractivity contribution is 14.1. The molecule has 0 spiro atoms. The minimum absolute atomic E-state index is 0.0207. The summed E-state index contributed by atoms with van der Waals surface area (Å²) in [5, 5.41) is 9.68. The van der Waals surface area contributed by atoms with Crippen LogP contribution in [0.5, 0.6) is 11.5 Å². The van der Waals surface area contributed by atoms with Gasteiger partial charge in [-0.15, -0.1) is 0 Å². The SMILES string of the molecule is COc1ccc(/C=C/C(=O)Cc2cccc(I)c2)cc1O. The molecule has 108 valence electrons. The van der Waals surface area contributed by atoms with Crippen LogP contribution in [-0.4, -0.2) is 18.0 Å². The van der Waals surface area contributed by atoms with Gasteiger partial charge in [0.15, 0.2) is 17.3 Å². The van der Waals surface area contributed by atoms with Gasteiger partial charge in [-0.2, -0.15) is 0 Å². The molecule has 0 aliphatic rings. The minimum Gasteiger partial charge on any atom is -0.504 e. The van der Waals surface area contributed by atoms with Gasteiger partial charge in [0.1, 0.15) is 0 Å². The second-order valence-electron chi connectivity index (χ2n) is 4.54. The third-order valence-corrected chi connectivity index (χ3v) is 3.60. The van der Waals surface area contributed by atoms with Crippen molar-refractivity contribution in [3.05, 3.63) is 63.2 Å². The molecule has 4 heteroatoms. The largest absolute Gasteiger partial charge is 0.504 e. The number of hydrogen-bond acceptors (Lipinski definition) is 3. The van der Waals surface area contributed by atoms with Crippen molar-refractivity contribution in [2.24, 2.45) is 0 Å². The van der Waals surface area contributed by atoms with Crippen LogP contribution in [0.1, 0.15) is 11.1 Å². The molecule has 0 aliphatic heterocycles. The second-order valence-corrected chi connectivity index (χ2v) is 5.78. The van der Waals surface area contributed by atoms with E-state index in [1.54, 1.807) is 24.3 Å². The standard InChI is InChI=1S/C17H15IO3/c1-21-17-8-6-12(11-16(17)20)5-7-15(19)10-13-3-2-4-14(18)9-13/h2-9,11,20H,10H2,1H3/b7-5+. The zero-order chi connectivity index (χ0) is 15.2. The van der Waals surface area contributed by atoms with Crippen LogP contribution in [0.2, 0.25) is 0 Å². The monoisotopic (exact) mass is 394 g/mol. The molecule has 0 fully saturated rings. The number of methoxy groups -OCH3 is 1. The zero-order valence-corrected chi connectivity index (χ0v) is 13.7. The lowest BCUT2D eigenvalue weighted by atomic mass is 10.1. The molecule has 2 aromatic rings. The van der Waals surface area contributed by atoms with Crippen LogP contribution in [-0.2, 0) is 11.2 Å². The van der Waals surface area contributed by atoms with Gasteiger partial charge in [0.05, 0.1) is 7.11 Å². The maximum absolute atomic E-state index is 11.9. The number of carbonyl (C=O) groups is 1. The number of allylic oxidation sites excluding steroid dienone is 1. The zero-order valence-electron chi connectivity index (χ0n) is 11.5. The number of carbonyl (C=O) groups excluding carboxylic acids is 1.